The molecule has 0 radical (unpaired) electrons. The molecule has 0 saturated heterocycles. The molecule has 0 aromatic heterocycles. The first-order valence-electron chi connectivity index (χ1n) is 11.6. The Morgan fingerprint density at radius 2 is 1.44 bits per heavy atom. The van der Waals surface area contributed by atoms with Crippen molar-refractivity contribution in [3.63, 3.8) is 0 Å². The normalized spacial score (nSPS) is 12.9. The molecule has 0 aliphatic rings. The number of rotatable bonds is 12. The first kappa shape index (κ1) is 31.9. The van der Waals surface area contributed by atoms with Crippen molar-refractivity contribution < 1.29 is 9.59 Å². The number of carbonyl (C=O) groups is 2. The van der Waals surface area contributed by atoms with Crippen molar-refractivity contribution >= 4 is 11.8 Å². The number of hydrogen-bond acceptors (Lipinski definition) is 3. The third-order valence-corrected chi connectivity index (χ3v) is 4.96. The average molecular weight is 448 g/mol. The van der Waals surface area contributed by atoms with Crippen molar-refractivity contribution in [2.24, 2.45) is 16.2 Å². The number of nitrogens with one attached hydrogen (secondary N) is 3. The van der Waals surface area contributed by atoms with Gasteiger partial charge in [0, 0.05) is 35.8 Å². The highest BCUT2D eigenvalue weighted by Gasteiger charge is 2.39. The zero-order chi connectivity index (χ0) is 25.6. The average Bonchev–Trinajstić information content (AvgIpc) is 2.70. The van der Waals surface area contributed by atoms with Gasteiger partial charge < -0.3 is 16.0 Å². The van der Waals surface area contributed by atoms with E-state index in [4.69, 9.17) is 0 Å². The molecular weight excluding hydrogens is 398 g/mol. The van der Waals surface area contributed by atoms with Gasteiger partial charge in [-0.1, -0.05) is 80.2 Å². The van der Waals surface area contributed by atoms with Gasteiger partial charge in [-0.05, 0) is 44.3 Å². The fourth-order valence-corrected chi connectivity index (χ4v) is 3.37. The van der Waals surface area contributed by atoms with E-state index in [1.165, 1.54) is 0 Å². The van der Waals surface area contributed by atoms with E-state index in [9.17, 15) is 9.59 Å². The molecule has 5 heteroatoms. The van der Waals surface area contributed by atoms with Crippen LogP contribution in [-0.4, -0.2) is 25.4 Å². The van der Waals surface area contributed by atoms with Gasteiger partial charge in [-0.3, -0.25) is 9.59 Å². The van der Waals surface area contributed by atoms with Gasteiger partial charge >= 0.3 is 0 Å². The maximum absolute atomic E-state index is 12.9. The summed E-state index contributed by atoms with van der Waals surface area (Å²) in [7, 11) is 1.85. The van der Waals surface area contributed by atoms with Gasteiger partial charge in [0.1, 0.15) is 0 Å². The largest absolute Gasteiger partial charge is 0.392 e. The van der Waals surface area contributed by atoms with Crippen LogP contribution in [0.4, 0.5) is 0 Å². The Kier molecular flexibility index (Phi) is 14.6. The zero-order valence-electron chi connectivity index (χ0n) is 22.5. The highest BCUT2D eigenvalue weighted by Crippen LogP contribution is 2.35. The summed E-state index contributed by atoms with van der Waals surface area (Å²) in [6.45, 7) is 24.1. The molecule has 0 heterocycles. The lowest BCUT2D eigenvalue weighted by molar-refractivity contribution is -0.135. The van der Waals surface area contributed by atoms with E-state index in [-0.39, 0.29) is 17.2 Å². The van der Waals surface area contributed by atoms with Crippen molar-refractivity contribution in [3.8, 4) is 0 Å². The summed E-state index contributed by atoms with van der Waals surface area (Å²) in [6.07, 6.45) is 10.6. The van der Waals surface area contributed by atoms with Gasteiger partial charge in [0.15, 0.2) is 0 Å². The monoisotopic (exact) mass is 447 g/mol. The maximum Gasteiger partial charge on any atom is 0.230 e. The second kappa shape index (κ2) is 14.7. The number of allylic oxidation sites excluding steroid dienone is 6. The van der Waals surface area contributed by atoms with Crippen LogP contribution >= 0.6 is 0 Å². The van der Waals surface area contributed by atoms with Crippen LogP contribution < -0.4 is 16.0 Å². The molecule has 0 aliphatic carbocycles. The summed E-state index contributed by atoms with van der Waals surface area (Å²) in [4.78, 5) is 25.8. The van der Waals surface area contributed by atoms with E-state index < -0.39 is 10.8 Å². The van der Waals surface area contributed by atoms with Crippen LogP contribution in [0.3, 0.4) is 0 Å². The predicted molar refractivity (Wildman–Crippen MR) is 139 cm³/mol. The molecule has 32 heavy (non-hydrogen) atoms. The summed E-state index contributed by atoms with van der Waals surface area (Å²) in [6, 6.07) is 0. The Labute approximate surface area is 197 Å². The quantitative estimate of drug-likeness (QED) is 0.328. The lowest BCUT2D eigenvalue weighted by Crippen LogP contribution is -2.46. The summed E-state index contributed by atoms with van der Waals surface area (Å²) in [5.41, 5.74) is 0.146. The Morgan fingerprint density at radius 1 is 0.906 bits per heavy atom. The molecule has 0 aromatic rings. The fourth-order valence-electron chi connectivity index (χ4n) is 3.37. The number of hydrogen-bond donors (Lipinski definition) is 3. The molecule has 0 spiro atoms. The smallest absolute Gasteiger partial charge is 0.230 e. The Morgan fingerprint density at radius 3 is 1.91 bits per heavy atom. The van der Waals surface area contributed by atoms with Gasteiger partial charge in [-0.2, -0.15) is 0 Å². The van der Waals surface area contributed by atoms with Crippen LogP contribution in [0.5, 0.6) is 0 Å². The standard InChI is InChI=1S/C25H43N3O2.C2H6/c1-11-13-15-20(14-12-2)28-22(30)25(8,9)17-24(6,7)21(29)27-18-23(4,5)16-19(3)26-10;1-2/h11-15,26H,3,16-18H2,1-2,4-10H3,(H,27,29)(H,28,30);1-2H3/b13-11-,14-12-,20-15+;. The minimum Gasteiger partial charge on any atom is -0.392 e. The molecule has 0 saturated carbocycles. The molecule has 0 bridgehead atoms. The predicted octanol–water partition coefficient (Wildman–Crippen LogP) is 5.87. The molecule has 0 unspecified atom stereocenters. The molecular formula is C27H49N3O2. The SMILES string of the molecule is C=C(CC(C)(C)CNC(=O)C(C)(C)CC(C)(C)C(=O)NC(/C=C\C)=C/C=C\C)NC.CC. The Balaban J connectivity index is 0. The maximum atomic E-state index is 12.9. The van der Waals surface area contributed by atoms with Gasteiger partial charge in [-0.25, -0.2) is 0 Å². The molecule has 2 amide bonds. The third-order valence-electron chi connectivity index (χ3n) is 4.96. The fraction of sp³-hybridized carbons (Fsp3) is 0.630. The minimum absolute atomic E-state index is 0.0512. The van der Waals surface area contributed by atoms with E-state index >= 15 is 0 Å². The van der Waals surface area contributed by atoms with Gasteiger partial charge in [0.2, 0.25) is 11.8 Å². The van der Waals surface area contributed by atoms with E-state index in [1.54, 1.807) is 0 Å². The molecule has 0 fully saturated rings. The van der Waals surface area contributed by atoms with Crippen molar-refractivity contribution in [2.75, 3.05) is 13.6 Å². The molecule has 0 atom stereocenters. The van der Waals surface area contributed by atoms with Crippen LogP contribution in [0.1, 0.15) is 82.1 Å². The molecule has 5 nitrogen and oxygen atoms in total. The summed E-state index contributed by atoms with van der Waals surface area (Å²) in [5.74, 6) is -0.160. The minimum atomic E-state index is -0.715. The van der Waals surface area contributed by atoms with E-state index in [1.807, 2.05) is 92.8 Å². The van der Waals surface area contributed by atoms with Crippen molar-refractivity contribution in [1.29, 1.82) is 0 Å². The second-order valence-electron chi connectivity index (χ2n) is 9.92. The summed E-state index contributed by atoms with van der Waals surface area (Å²) < 4.78 is 0. The van der Waals surface area contributed by atoms with Gasteiger partial charge in [-0.15, -0.1) is 0 Å². The highest BCUT2D eigenvalue weighted by atomic mass is 16.2. The van der Waals surface area contributed by atoms with Crippen molar-refractivity contribution in [2.45, 2.75) is 82.1 Å². The molecule has 0 rings (SSSR count). The Bertz CT molecular complexity index is 696. The Hall–Kier alpha value is -2.30. The zero-order valence-corrected chi connectivity index (χ0v) is 22.5. The van der Waals surface area contributed by atoms with E-state index in [2.05, 4.69) is 36.4 Å². The number of amides is 2. The second-order valence-corrected chi connectivity index (χ2v) is 9.92. The lowest BCUT2D eigenvalue weighted by atomic mass is 9.73. The molecule has 0 aliphatic heterocycles. The lowest BCUT2D eigenvalue weighted by Gasteiger charge is -2.34. The van der Waals surface area contributed by atoms with E-state index in [0.29, 0.717) is 13.0 Å². The van der Waals surface area contributed by atoms with Crippen LogP contribution in [-0.2, 0) is 9.59 Å². The first-order chi connectivity index (χ1) is 14.7. The van der Waals surface area contributed by atoms with E-state index in [0.717, 1.165) is 17.8 Å². The number of carbonyl (C=O) groups excluding carboxylic acids is 2. The van der Waals surface area contributed by atoms with Crippen LogP contribution in [0.25, 0.3) is 0 Å². The topological polar surface area (TPSA) is 70.2 Å². The van der Waals surface area contributed by atoms with Crippen LogP contribution in [0.2, 0.25) is 0 Å². The molecule has 0 aromatic carbocycles. The van der Waals surface area contributed by atoms with Gasteiger partial charge in [0.05, 0.1) is 0 Å². The van der Waals surface area contributed by atoms with Crippen LogP contribution in [0.15, 0.2) is 48.4 Å². The highest BCUT2D eigenvalue weighted by molar-refractivity contribution is 5.86. The third kappa shape index (κ3) is 12.5. The van der Waals surface area contributed by atoms with Crippen LogP contribution in [0, 0.1) is 16.2 Å². The summed E-state index contributed by atoms with van der Waals surface area (Å²) in [5, 5.41) is 9.10. The van der Waals surface area contributed by atoms with Crippen molar-refractivity contribution in [3.05, 3.63) is 48.4 Å². The van der Waals surface area contributed by atoms with Crippen molar-refractivity contribution in [1.82, 2.24) is 16.0 Å². The molecule has 3 N–H and O–H groups in total. The van der Waals surface area contributed by atoms with Gasteiger partial charge in [0.25, 0.3) is 0 Å². The summed E-state index contributed by atoms with van der Waals surface area (Å²) >= 11 is 0. The first-order valence-corrected chi connectivity index (χ1v) is 11.6. The molecule has 184 valence electrons.